The van der Waals surface area contributed by atoms with E-state index in [0.29, 0.717) is 11.3 Å². The summed E-state index contributed by atoms with van der Waals surface area (Å²) in [5.74, 6) is -1.40. The molecule has 4 nitrogen and oxygen atoms in total. The molecule has 0 aliphatic carbocycles. The quantitative estimate of drug-likeness (QED) is 0.638. The van der Waals surface area contributed by atoms with Crippen molar-refractivity contribution in [1.29, 1.82) is 0 Å². The van der Waals surface area contributed by atoms with E-state index in [9.17, 15) is 14.3 Å². The summed E-state index contributed by atoms with van der Waals surface area (Å²) in [7, 11) is 0. The second-order valence-corrected chi connectivity index (χ2v) is 4.90. The van der Waals surface area contributed by atoms with Crippen LogP contribution >= 0.6 is 0 Å². The van der Waals surface area contributed by atoms with Crippen molar-refractivity contribution in [2.24, 2.45) is 0 Å². The van der Waals surface area contributed by atoms with Gasteiger partial charge in [0.2, 0.25) is 0 Å². The number of hydrogen-bond acceptors (Lipinski definition) is 4. The zero-order valence-electron chi connectivity index (χ0n) is 10.8. The molecular weight excluding hydrogens is 237 g/mol. The maximum absolute atomic E-state index is 13.7. The molecule has 0 heterocycles. The average molecular weight is 255 g/mol. The minimum Gasteiger partial charge on any atom is -0.462 e. The highest BCUT2D eigenvalue weighted by Gasteiger charge is 2.18. The number of nitrogen functional groups attached to an aromatic ring is 1. The molecule has 1 aromatic carbocycles. The molecule has 0 saturated carbocycles. The van der Waals surface area contributed by atoms with Crippen molar-refractivity contribution in [3.05, 3.63) is 29.1 Å². The number of rotatable bonds is 4. The van der Waals surface area contributed by atoms with Gasteiger partial charge in [0, 0.05) is 12.1 Å². The minimum atomic E-state index is -0.926. The molecular formula is C13H18FNO3. The molecule has 0 amide bonds. The van der Waals surface area contributed by atoms with E-state index >= 15 is 0 Å². The number of benzene rings is 1. The lowest BCUT2D eigenvalue weighted by molar-refractivity contribution is 0.0241. The molecule has 18 heavy (non-hydrogen) atoms. The smallest absolute Gasteiger partial charge is 0.341 e. The normalized spacial score (nSPS) is 11.4. The number of esters is 1. The second-order valence-electron chi connectivity index (χ2n) is 4.90. The third-order valence-corrected chi connectivity index (χ3v) is 2.44. The molecule has 100 valence electrons. The Bertz CT molecular complexity index is 452. The molecule has 0 aliphatic rings. The fraction of sp³-hybridized carbons (Fsp3) is 0.462. The Labute approximate surface area is 106 Å². The lowest BCUT2D eigenvalue weighted by Crippen LogP contribution is -2.22. The molecule has 0 radical (unpaired) electrons. The molecule has 0 unspecified atom stereocenters. The van der Waals surface area contributed by atoms with E-state index in [1.165, 1.54) is 19.1 Å². The van der Waals surface area contributed by atoms with Gasteiger partial charge in [-0.15, -0.1) is 0 Å². The van der Waals surface area contributed by atoms with Gasteiger partial charge in [-0.3, -0.25) is 0 Å². The minimum absolute atomic E-state index is 0.0234. The third kappa shape index (κ3) is 4.00. The van der Waals surface area contributed by atoms with Crippen LogP contribution in [0.25, 0.3) is 0 Å². The Morgan fingerprint density at radius 1 is 1.50 bits per heavy atom. The number of carbonyl (C=O) groups excluding carboxylic acids is 1. The van der Waals surface area contributed by atoms with Crippen LogP contribution in [0.15, 0.2) is 12.1 Å². The number of nitrogens with two attached hydrogens (primary N) is 1. The number of carbonyl (C=O) groups is 1. The third-order valence-electron chi connectivity index (χ3n) is 2.44. The summed E-state index contributed by atoms with van der Waals surface area (Å²) in [6.07, 6.45) is 0.279. The fourth-order valence-electron chi connectivity index (χ4n) is 1.42. The molecule has 5 heteroatoms. The van der Waals surface area contributed by atoms with Crippen molar-refractivity contribution < 1.29 is 19.0 Å². The molecule has 0 atom stereocenters. The van der Waals surface area contributed by atoms with Gasteiger partial charge in [0.1, 0.15) is 5.82 Å². The van der Waals surface area contributed by atoms with E-state index in [2.05, 4.69) is 0 Å². The summed E-state index contributed by atoms with van der Waals surface area (Å²) in [5.41, 5.74) is 5.05. The van der Waals surface area contributed by atoms with Crippen LogP contribution in [0.1, 0.15) is 36.2 Å². The number of aliphatic hydroxyl groups is 1. The number of aryl methyl sites for hydroxylation is 1. The molecule has 0 bridgehead atoms. The molecule has 0 saturated heterocycles. The van der Waals surface area contributed by atoms with Crippen molar-refractivity contribution in [2.45, 2.75) is 32.8 Å². The molecule has 0 fully saturated rings. The van der Waals surface area contributed by atoms with Gasteiger partial charge in [0.05, 0.1) is 17.8 Å². The highest BCUT2D eigenvalue weighted by Crippen LogP contribution is 2.18. The lowest BCUT2D eigenvalue weighted by atomic mass is 10.1. The Morgan fingerprint density at radius 3 is 2.67 bits per heavy atom. The molecule has 1 rings (SSSR count). The first kappa shape index (κ1) is 14.4. The topological polar surface area (TPSA) is 72.6 Å². The van der Waals surface area contributed by atoms with Gasteiger partial charge in [0.15, 0.2) is 0 Å². The highest BCUT2D eigenvalue weighted by molar-refractivity contribution is 5.91. The Hall–Kier alpha value is -1.62. The first-order chi connectivity index (χ1) is 8.20. The number of hydrogen-bond donors (Lipinski definition) is 2. The molecule has 3 N–H and O–H groups in total. The first-order valence-corrected chi connectivity index (χ1v) is 5.66. The molecule has 0 spiro atoms. The van der Waals surface area contributed by atoms with E-state index in [-0.39, 0.29) is 18.6 Å². The molecule has 0 aliphatic heterocycles. The van der Waals surface area contributed by atoms with Crippen LogP contribution in [0.5, 0.6) is 0 Å². The van der Waals surface area contributed by atoms with Gasteiger partial charge in [-0.05, 0) is 38.5 Å². The van der Waals surface area contributed by atoms with E-state index in [4.69, 9.17) is 10.5 Å². The fourth-order valence-corrected chi connectivity index (χ4v) is 1.42. The second kappa shape index (κ2) is 5.35. The summed E-state index contributed by atoms with van der Waals surface area (Å²) < 4.78 is 18.6. The largest absolute Gasteiger partial charge is 0.462 e. The SMILES string of the molecule is Cc1cc(N)cc(C(=O)OCCC(C)(C)O)c1F. The summed E-state index contributed by atoms with van der Waals surface area (Å²) in [5, 5.41) is 9.46. The van der Waals surface area contributed by atoms with Gasteiger partial charge >= 0.3 is 5.97 Å². The predicted molar refractivity (Wildman–Crippen MR) is 66.7 cm³/mol. The van der Waals surface area contributed by atoms with Gasteiger partial charge in [-0.25, -0.2) is 9.18 Å². The Morgan fingerprint density at radius 2 is 2.11 bits per heavy atom. The number of halogens is 1. The molecule has 0 aromatic heterocycles. The summed E-state index contributed by atoms with van der Waals surface area (Å²) in [4.78, 5) is 11.7. The first-order valence-electron chi connectivity index (χ1n) is 5.66. The zero-order chi connectivity index (χ0) is 13.9. The van der Waals surface area contributed by atoms with E-state index < -0.39 is 17.4 Å². The predicted octanol–water partition coefficient (Wildman–Crippen LogP) is 2.03. The standard InChI is InChI=1S/C13H18FNO3/c1-8-6-9(15)7-10(11(8)14)12(16)18-5-4-13(2,3)17/h6-7,17H,4-5,15H2,1-3H3. The summed E-state index contributed by atoms with van der Waals surface area (Å²) >= 11 is 0. The number of ether oxygens (including phenoxy) is 1. The van der Waals surface area contributed by atoms with E-state index in [1.54, 1.807) is 13.8 Å². The lowest BCUT2D eigenvalue weighted by Gasteiger charge is -2.16. The van der Waals surface area contributed by atoms with Crippen molar-refractivity contribution in [3.8, 4) is 0 Å². The van der Waals surface area contributed by atoms with Crippen LogP contribution in [0.4, 0.5) is 10.1 Å². The van der Waals surface area contributed by atoms with Gasteiger partial charge in [0.25, 0.3) is 0 Å². The van der Waals surface area contributed by atoms with Crippen molar-refractivity contribution in [3.63, 3.8) is 0 Å². The van der Waals surface area contributed by atoms with Gasteiger partial charge in [-0.1, -0.05) is 0 Å². The maximum atomic E-state index is 13.7. The Balaban J connectivity index is 2.73. The Kier molecular flexibility index (Phi) is 4.29. The summed E-state index contributed by atoms with van der Waals surface area (Å²) in [6.45, 7) is 4.76. The van der Waals surface area contributed by atoms with Crippen molar-refractivity contribution >= 4 is 11.7 Å². The monoisotopic (exact) mass is 255 g/mol. The zero-order valence-corrected chi connectivity index (χ0v) is 10.8. The van der Waals surface area contributed by atoms with E-state index in [1.807, 2.05) is 0 Å². The van der Waals surface area contributed by atoms with Crippen LogP contribution in [-0.4, -0.2) is 23.3 Å². The number of anilines is 1. The van der Waals surface area contributed by atoms with Gasteiger partial charge in [-0.2, -0.15) is 0 Å². The van der Waals surface area contributed by atoms with Crippen LogP contribution in [-0.2, 0) is 4.74 Å². The summed E-state index contributed by atoms with van der Waals surface area (Å²) in [6, 6.07) is 2.69. The maximum Gasteiger partial charge on any atom is 0.341 e. The average Bonchev–Trinajstić information content (AvgIpc) is 2.21. The van der Waals surface area contributed by atoms with Crippen LogP contribution in [0.2, 0.25) is 0 Å². The van der Waals surface area contributed by atoms with Gasteiger partial charge < -0.3 is 15.6 Å². The highest BCUT2D eigenvalue weighted by atomic mass is 19.1. The van der Waals surface area contributed by atoms with Crippen LogP contribution in [0.3, 0.4) is 0 Å². The molecule has 1 aromatic rings. The van der Waals surface area contributed by atoms with Crippen LogP contribution < -0.4 is 5.73 Å². The van der Waals surface area contributed by atoms with Crippen LogP contribution in [0, 0.1) is 12.7 Å². The van der Waals surface area contributed by atoms with E-state index in [0.717, 1.165) is 0 Å². The van der Waals surface area contributed by atoms with Crippen molar-refractivity contribution in [2.75, 3.05) is 12.3 Å². The van der Waals surface area contributed by atoms with Crippen molar-refractivity contribution in [1.82, 2.24) is 0 Å².